The number of halogens is 1. The van der Waals surface area contributed by atoms with Gasteiger partial charge in [0.1, 0.15) is 18.2 Å². The number of ether oxygens (including phenoxy) is 2. The standard InChI is InChI=1S/C12H18FNO2/c1-8(15-3)7-16-12-5-4-10(13)6-11(12)9(2)14/h4-6,8-9H,7,14H2,1-3H3/t8?,9-/m0/s1. The Kier molecular flexibility index (Phi) is 4.71. The molecule has 3 nitrogen and oxygen atoms in total. The minimum atomic E-state index is -0.306. The van der Waals surface area contributed by atoms with E-state index in [0.29, 0.717) is 17.9 Å². The summed E-state index contributed by atoms with van der Waals surface area (Å²) in [6, 6.07) is 4.09. The van der Waals surface area contributed by atoms with Crippen LogP contribution in [0.5, 0.6) is 5.75 Å². The fourth-order valence-corrected chi connectivity index (χ4v) is 1.28. The topological polar surface area (TPSA) is 44.5 Å². The van der Waals surface area contributed by atoms with Gasteiger partial charge in [-0.25, -0.2) is 4.39 Å². The number of hydrogen-bond acceptors (Lipinski definition) is 3. The normalized spacial score (nSPS) is 14.6. The number of hydrogen-bond donors (Lipinski definition) is 1. The predicted octanol–water partition coefficient (Wildman–Crippen LogP) is 2.26. The predicted molar refractivity (Wildman–Crippen MR) is 61.0 cm³/mol. The van der Waals surface area contributed by atoms with Gasteiger partial charge in [-0.05, 0) is 32.0 Å². The zero-order chi connectivity index (χ0) is 12.1. The van der Waals surface area contributed by atoms with Crippen LogP contribution in [0.3, 0.4) is 0 Å². The molecule has 2 atom stereocenters. The first kappa shape index (κ1) is 12.9. The van der Waals surface area contributed by atoms with Crippen molar-refractivity contribution in [1.82, 2.24) is 0 Å². The molecule has 2 N–H and O–H groups in total. The molecule has 1 unspecified atom stereocenters. The minimum absolute atomic E-state index is 0.00835. The van der Waals surface area contributed by atoms with Crippen LogP contribution < -0.4 is 10.5 Å². The average Bonchev–Trinajstić information content (AvgIpc) is 2.26. The van der Waals surface area contributed by atoms with Crippen LogP contribution in [0.1, 0.15) is 25.5 Å². The molecule has 0 saturated heterocycles. The Morgan fingerprint density at radius 3 is 2.62 bits per heavy atom. The Morgan fingerprint density at radius 1 is 1.38 bits per heavy atom. The molecule has 0 heterocycles. The maximum absolute atomic E-state index is 13.0. The van der Waals surface area contributed by atoms with Gasteiger partial charge in [-0.3, -0.25) is 0 Å². The van der Waals surface area contributed by atoms with E-state index >= 15 is 0 Å². The molecule has 90 valence electrons. The van der Waals surface area contributed by atoms with Gasteiger partial charge in [-0.2, -0.15) is 0 Å². The van der Waals surface area contributed by atoms with Crippen molar-refractivity contribution in [3.8, 4) is 5.75 Å². The Balaban J connectivity index is 2.78. The number of methoxy groups -OCH3 is 1. The lowest BCUT2D eigenvalue weighted by atomic mass is 10.1. The summed E-state index contributed by atoms with van der Waals surface area (Å²) in [5, 5.41) is 0. The lowest BCUT2D eigenvalue weighted by Crippen LogP contribution is -2.17. The SMILES string of the molecule is COC(C)COc1ccc(F)cc1[C@H](C)N. The van der Waals surface area contributed by atoms with Gasteiger partial charge in [0.15, 0.2) is 0 Å². The number of nitrogens with two attached hydrogens (primary N) is 1. The summed E-state index contributed by atoms with van der Waals surface area (Å²) in [6.07, 6.45) is -0.00835. The summed E-state index contributed by atoms with van der Waals surface area (Å²) >= 11 is 0. The molecular weight excluding hydrogens is 209 g/mol. The summed E-state index contributed by atoms with van der Waals surface area (Å²) in [4.78, 5) is 0. The number of benzene rings is 1. The van der Waals surface area contributed by atoms with Gasteiger partial charge >= 0.3 is 0 Å². The molecule has 0 saturated carbocycles. The second-order valence-corrected chi connectivity index (χ2v) is 3.83. The van der Waals surface area contributed by atoms with Crippen LogP contribution in [0.4, 0.5) is 4.39 Å². The molecule has 0 fully saturated rings. The highest BCUT2D eigenvalue weighted by Crippen LogP contribution is 2.24. The molecule has 0 bridgehead atoms. The third-order valence-electron chi connectivity index (χ3n) is 2.34. The van der Waals surface area contributed by atoms with Crippen LogP contribution in [0.25, 0.3) is 0 Å². The Hall–Kier alpha value is -1.13. The molecule has 16 heavy (non-hydrogen) atoms. The van der Waals surface area contributed by atoms with E-state index in [0.717, 1.165) is 0 Å². The molecular formula is C12H18FNO2. The first-order valence-corrected chi connectivity index (χ1v) is 5.25. The Labute approximate surface area is 95.4 Å². The van der Waals surface area contributed by atoms with E-state index in [4.69, 9.17) is 15.2 Å². The van der Waals surface area contributed by atoms with Crippen molar-refractivity contribution in [3.05, 3.63) is 29.6 Å². The summed E-state index contributed by atoms with van der Waals surface area (Å²) in [5.41, 5.74) is 6.41. The molecule has 0 spiro atoms. The van der Waals surface area contributed by atoms with Gasteiger partial charge in [0, 0.05) is 18.7 Å². The Morgan fingerprint density at radius 2 is 2.06 bits per heavy atom. The van der Waals surface area contributed by atoms with Crippen LogP contribution >= 0.6 is 0 Å². The zero-order valence-electron chi connectivity index (χ0n) is 9.87. The second kappa shape index (κ2) is 5.82. The molecule has 0 aliphatic carbocycles. The van der Waals surface area contributed by atoms with E-state index in [-0.39, 0.29) is 18.0 Å². The first-order valence-electron chi connectivity index (χ1n) is 5.25. The van der Waals surface area contributed by atoms with Gasteiger partial charge in [0.2, 0.25) is 0 Å². The van der Waals surface area contributed by atoms with Crippen LogP contribution in [-0.4, -0.2) is 19.8 Å². The second-order valence-electron chi connectivity index (χ2n) is 3.83. The maximum atomic E-state index is 13.0. The minimum Gasteiger partial charge on any atom is -0.491 e. The van der Waals surface area contributed by atoms with E-state index in [9.17, 15) is 4.39 Å². The summed E-state index contributed by atoms with van der Waals surface area (Å²) in [5.74, 6) is 0.305. The highest BCUT2D eigenvalue weighted by Gasteiger charge is 2.10. The van der Waals surface area contributed by atoms with E-state index in [1.54, 1.807) is 20.1 Å². The molecule has 0 amide bonds. The molecule has 1 aromatic carbocycles. The van der Waals surface area contributed by atoms with E-state index in [1.165, 1.54) is 12.1 Å². The Bertz CT molecular complexity index is 342. The first-order chi connectivity index (χ1) is 7.54. The maximum Gasteiger partial charge on any atom is 0.124 e. The van der Waals surface area contributed by atoms with Crippen LogP contribution in [0.15, 0.2) is 18.2 Å². The van der Waals surface area contributed by atoms with E-state index < -0.39 is 0 Å². The van der Waals surface area contributed by atoms with Gasteiger partial charge < -0.3 is 15.2 Å². The van der Waals surface area contributed by atoms with E-state index in [1.807, 2.05) is 6.92 Å². The molecule has 0 aliphatic heterocycles. The van der Waals surface area contributed by atoms with Crippen molar-refractivity contribution in [2.24, 2.45) is 5.73 Å². The van der Waals surface area contributed by atoms with Crippen molar-refractivity contribution >= 4 is 0 Å². The fraction of sp³-hybridized carbons (Fsp3) is 0.500. The largest absolute Gasteiger partial charge is 0.491 e. The van der Waals surface area contributed by atoms with Gasteiger partial charge in [0.05, 0.1) is 6.10 Å². The summed E-state index contributed by atoms with van der Waals surface area (Å²) in [7, 11) is 1.62. The molecule has 1 aromatic rings. The number of rotatable bonds is 5. The molecule has 0 aliphatic rings. The fourth-order valence-electron chi connectivity index (χ4n) is 1.28. The molecule has 0 radical (unpaired) electrons. The summed E-state index contributed by atoms with van der Waals surface area (Å²) < 4.78 is 23.6. The van der Waals surface area contributed by atoms with Crippen LogP contribution in [-0.2, 0) is 4.74 Å². The van der Waals surface area contributed by atoms with Crippen LogP contribution in [0, 0.1) is 5.82 Å². The molecule has 1 rings (SSSR count). The van der Waals surface area contributed by atoms with Crippen molar-refractivity contribution < 1.29 is 13.9 Å². The van der Waals surface area contributed by atoms with Crippen molar-refractivity contribution in [1.29, 1.82) is 0 Å². The van der Waals surface area contributed by atoms with Gasteiger partial charge in [-0.1, -0.05) is 0 Å². The average molecular weight is 227 g/mol. The smallest absolute Gasteiger partial charge is 0.124 e. The molecule has 4 heteroatoms. The highest BCUT2D eigenvalue weighted by molar-refractivity contribution is 5.36. The molecule has 0 aromatic heterocycles. The summed E-state index contributed by atoms with van der Waals surface area (Å²) in [6.45, 7) is 4.11. The van der Waals surface area contributed by atoms with Gasteiger partial charge in [-0.15, -0.1) is 0 Å². The monoisotopic (exact) mass is 227 g/mol. The quantitative estimate of drug-likeness (QED) is 0.839. The van der Waals surface area contributed by atoms with E-state index in [2.05, 4.69) is 0 Å². The lowest BCUT2D eigenvalue weighted by molar-refractivity contribution is 0.0711. The zero-order valence-corrected chi connectivity index (χ0v) is 9.87. The third kappa shape index (κ3) is 3.47. The van der Waals surface area contributed by atoms with Crippen molar-refractivity contribution in [2.45, 2.75) is 26.0 Å². The third-order valence-corrected chi connectivity index (χ3v) is 2.34. The lowest BCUT2D eigenvalue weighted by Gasteiger charge is -2.16. The van der Waals surface area contributed by atoms with Crippen LogP contribution in [0.2, 0.25) is 0 Å². The van der Waals surface area contributed by atoms with Crippen molar-refractivity contribution in [2.75, 3.05) is 13.7 Å². The van der Waals surface area contributed by atoms with Gasteiger partial charge in [0.25, 0.3) is 0 Å². The van der Waals surface area contributed by atoms with Crippen molar-refractivity contribution in [3.63, 3.8) is 0 Å². The highest BCUT2D eigenvalue weighted by atomic mass is 19.1.